The van der Waals surface area contributed by atoms with Gasteiger partial charge in [0.25, 0.3) is 0 Å². The van der Waals surface area contributed by atoms with Gasteiger partial charge in [0.2, 0.25) is 11.4 Å². The lowest BCUT2D eigenvalue weighted by Crippen LogP contribution is -2.42. The van der Waals surface area contributed by atoms with E-state index in [1.54, 1.807) is 5.56 Å². The lowest BCUT2D eigenvalue weighted by Gasteiger charge is -2.21. The van der Waals surface area contributed by atoms with Gasteiger partial charge in [0.15, 0.2) is 40.4 Å². The molecule has 95 heavy (non-hydrogen) atoms. The average molecular weight is 1320 g/mol. The van der Waals surface area contributed by atoms with E-state index in [4.69, 9.17) is 4.98 Å². The number of aromatic nitrogens is 9. The van der Waals surface area contributed by atoms with Crippen molar-refractivity contribution in [3.8, 4) is 0 Å². The van der Waals surface area contributed by atoms with Gasteiger partial charge < -0.3 is 0 Å². The van der Waals surface area contributed by atoms with E-state index < -0.39 is 0 Å². The summed E-state index contributed by atoms with van der Waals surface area (Å²) >= 11 is 0. The van der Waals surface area contributed by atoms with E-state index in [0.717, 1.165) is 11.4 Å². The molecule has 0 N–H and O–H groups in total. The molecule has 0 aromatic carbocycles. The Hall–Kier alpha value is -5.31. The Labute approximate surface area is 590 Å². The third-order valence-electron chi connectivity index (χ3n) is 18.9. The summed E-state index contributed by atoms with van der Waals surface area (Å²) in [6, 6.07) is 2.32. The van der Waals surface area contributed by atoms with Gasteiger partial charge in [-0.15, -0.1) is 0 Å². The SMILES string of the molecule is C.Cc1c(C(C)C)c(C)c(C(C)C)[n+](C)c1C(C)C.Cc1c(C(C)C)nc(C(C)C)[n+](C)c1C(C)C.Cc1c[n+](C)c(C(C)C)c(C)c1C(C)C.Cc1cc(C)c(C(C)C)[n+](C)c1C(C)C.Cc1cnc(C(C)C)[n+](C)c1C(C)C.Cc1nc(C)c(C(C)C)[n+](C)c1C(C)C.[HH]. The molecule has 538 valence electrons. The van der Waals surface area contributed by atoms with Crippen molar-refractivity contribution in [3.05, 3.63) is 154 Å². The highest BCUT2D eigenvalue weighted by molar-refractivity contribution is 5.40. The number of hydrogen-bond donors (Lipinski definition) is 0. The van der Waals surface area contributed by atoms with E-state index in [1.807, 2.05) is 6.20 Å². The van der Waals surface area contributed by atoms with Crippen molar-refractivity contribution >= 4 is 0 Å². The van der Waals surface area contributed by atoms with Crippen LogP contribution in [0.4, 0.5) is 0 Å². The molecule has 0 spiro atoms. The summed E-state index contributed by atoms with van der Waals surface area (Å²) in [5, 5.41) is 0. The molecule has 0 aliphatic rings. The summed E-state index contributed by atoms with van der Waals surface area (Å²) in [6.45, 7) is 85.1. The fourth-order valence-corrected chi connectivity index (χ4v) is 16.7. The number of hydrogen-bond acceptors (Lipinski definition) is 3. The summed E-state index contributed by atoms with van der Waals surface area (Å²) in [6.07, 6.45) is 4.25. The van der Waals surface area contributed by atoms with E-state index in [2.05, 4.69) is 355 Å². The lowest BCUT2D eigenvalue weighted by molar-refractivity contribution is -0.692. The maximum Gasteiger partial charge on any atom is 0.301 e. The van der Waals surface area contributed by atoms with Crippen molar-refractivity contribution < 1.29 is 28.8 Å². The van der Waals surface area contributed by atoms with Crippen LogP contribution >= 0.6 is 0 Å². The van der Waals surface area contributed by atoms with Crippen molar-refractivity contribution in [2.45, 2.75) is 353 Å². The zero-order valence-corrected chi connectivity index (χ0v) is 69.8. The minimum atomic E-state index is 0. The van der Waals surface area contributed by atoms with Crippen molar-refractivity contribution in [1.82, 2.24) is 15.0 Å². The highest BCUT2D eigenvalue weighted by Gasteiger charge is 2.31. The van der Waals surface area contributed by atoms with Crippen molar-refractivity contribution in [3.63, 3.8) is 0 Å². The van der Waals surface area contributed by atoms with Crippen LogP contribution in [-0.2, 0) is 42.3 Å². The molecule has 6 aromatic heterocycles. The van der Waals surface area contributed by atoms with Crippen LogP contribution in [-0.4, -0.2) is 15.0 Å². The van der Waals surface area contributed by atoms with Crippen LogP contribution in [0.2, 0.25) is 0 Å². The molecule has 0 atom stereocenters. The molecule has 6 aromatic rings. The highest BCUT2D eigenvalue weighted by Crippen LogP contribution is 2.33. The Morgan fingerprint density at radius 1 is 0.274 bits per heavy atom. The minimum Gasteiger partial charge on any atom is -0.245 e. The molecule has 9 nitrogen and oxygen atoms in total. The first-order valence-electron chi connectivity index (χ1n) is 36.6. The largest absolute Gasteiger partial charge is 0.301 e. The molecule has 0 saturated carbocycles. The highest BCUT2D eigenvalue weighted by atomic mass is 15.1. The fraction of sp³-hybridized carbons (Fsp3) is 0.686. The van der Waals surface area contributed by atoms with Crippen LogP contribution in [0.5, 0.6) is 0 Å². The summed E-state index contributed by atoms with van der Waals surface area (Å²) in [7, 11) is 13.0. The molecule has 6 heterocycles. The van der Waals surface area contributed by atoms with Crippen LogP contribution in [0.15, 0.2) is 18.5 Å². The van der Waals surface area contributed by atoms with Gasteiger partial charge in [-0.1, -0.05) is 211 Å². The lowest BCUT2D eigenvalue weighted by atomic mass is 9.86. The Morgan fingerprint density at radius 2 is 0.568 bits per heavy atom. The van der Waals surface area contributed by atoms with Crippen LogP contribution in [0.25, 0.3) is 0 Å². The Bertz CT molecular complexity index is 3050. The molecule has 0 bridgehead atoms. The van der Waals surface area contributed by atoms with Gasteiger partial charge >= 0.3 is 11.6 Å². The predicted octanol–water partition coefficient (Wildman–Crippen LogP) is 20.9. The summed E-state index contributed by atoms with van der Waals surface area (Å²) in [4.78, 5) is 14.0. The van der Waals surface area contributed by atoms with E-state index in [0.29, 0.717) is 82.9 Å². The Morgan fingerprint density at radius 3 is 0.884 bits per heavy atom. The standard InChI is InChI=1S/C17H30N.C15H27N2.2C14H24N.C13H23N2.C12H21N2.CH4.H2/c1-10(2)15-13(7)16(11(3)4)18(9)17(12(5)6)14(15)8;1-9(2)13-12(7)14(10(3)4)17(8)15(16-13)11(5)6;1-9(2)13-11(5)8-15(7)14(10(3)4)12(13)6;1-9(2)13-11(5)8-12(6)14(10(3)4)15(13)7;1-8(2)12-10(5)14-11(6)13(9(3)4)15(12)7;1-8(2)11-10(5)7-13-12(9(3)4)14(11)6;;/h10-12H,1-9H3;9-11H,1-8H3;2*8-10H,1-7H3;8-9H,1-7H3;7-9H,1-6H3;1H4;1H/q6*+1;;. The van der Waals surface area contributed by atoms with E-state index in [-0.39, 0.29) is 8.85 Å². The average Bonchev–Trinajstić information content (AvgIpc) is 0.790. The maximum absolute atomic E-state index is 4.88. The second-order valence-corrected chi connectivity index (χ2v) is 32.1. The molecular weight excluding hydrogens is 1160 g/mol. The van der Waals surface area contributed by atoms with Gasteiger partial charge in [0.1, 0.15) is 57.2 Å². The maximum atomic E-state index is 4.88. The molecular formula is C86H155N9+6. The van der Waals surface area contributed by atoms with Crippen LogP contribution < -0.4 is 27.4 Å². The third kappa shape index (κ3) is 22.6. The predicted molar refractivity (Wildman–Crippen MR) is 413 cm³/mol. The van der Waals surface area contributed by atoms with Crippen molar-refractivity contribution in [1.29, 1.82) is 0 Å². The molecule has 0 unspecified atom stereocenters. The number of pyridine rings is 3. The quantitative estimate of drug-likeness (QED) is 0.102. The first-order chi connectivity index (χ1) is 43.0. The molecule has 0 aliphatic carbocycles. The van der Waals surface area contributed by atoms with Gasteiger partial charge in [0.05, 0.1) is 25.9 Å². The minimum absolute atomic E-state index is 0. The Balaban J connectivity index is 0. The van der Waals surface area contributed by atoms with Gasteiger partial charge in [-0.25, -0.2) is 27.8 Å². The fourth-order valence-electron chi connectivity index (χ4n) is 16.7. The Kier molecular flexibility index (Phi) is 36.6. The third-order valence-corrected chi connectivity index (χ3v) is 18.9. The molecule has 9 heteroatoms. The van der Waals surface area contributed by atoms with E-state index in [1.165, 1.54) is 119 Å². The zero-order chi connectivity index (χ0) is 73.6. The van der Waals surface area contributed by atoms with Crippen LogP contribution in [0.3, 0.4) is 0 Å². The number of aryl methyl sites for hydroxylation is 7. The summed E-state index contributed by atoms with van der Waals surface area (Å²) < 4.78 is 14.0. The number of nitrogens with zero attached hydrogens (tertiary/aromatic N) is 9. The molecule has 0 aliphatic heterocycles. The second kappa shape index (κ2) is 38.7. The normalized spacial score (nSPS) is 11.6. The van der Waals surface area contributed by atoms with Crippen molar-refractivity contribution in [2.24, 2.45) is 42.3 Å². The summed E-state index contributed by atoms with van der Waals surface area (Å²) in [5.74, 6) is 10.1. The van der Waals surface area contributed by atoms with Gasteiger partial charge in [0, 0.05) is 105 Å². The van der Waals surface area contributed by atoms with E-state index >= 15 is 0 Å². The number of rotatable bonds is 14. The van der Waals surface area contributed by atoms with Crippen molar-refractivity contribution in [2.75, 3.05) is 0 Å². The van der Waals surface area contributed by atoms with Crippen LogP contribution in [0, 0.1) is 69.2 Å². The van der Waals surface area contributed by atoms with E-state index in [9.17, 15) is 0 Å². The van der Waals surface area contributed by atoms with Gasteiger partial charge in [-0.3, -0.25) is 0 Å². The first kappa shape index (κ1) is 89.7. The molecule has 0 amide bonds. The van der Waals surface area contributed by atoms with Gasteiger partial charge in [-0.2, -0.15) is 4.57 Å². The zero-order valence-electron chi connectivity index (χ0n) is 69.8. The molecule has 0 fully saturated rings. The first-order valence-corrected chi connectivity index (χ1v) is 36.6. The van der Waals surface area contributed by atoms with Crippen LogP contribution in [0.1, 0.15) is 421 Å². The smallest absolute Gasteiger partial charge is 0.245 e. The molecule has 0 saturated heterocycles. The summed E-state index contributed by atoms with van der Waals surface area (Å²) in [5.41, 5.74) is 30.9. The molecule has 0 radical (unpaired) electrons. The second-order valence-electron chi connectivity index (χ2n) is 32.1. The monoisotopic (exact) mass is 1310 g/mol. The topological polar surface area (TPSA) is 62.0 Å². The van der Waals surface area contributed by atoms with Gasteiger partial charge in [-0.05, 0) is 98.3 Å². The molecule has 6 rings (SSSR count).